The minimum absolute atomic E-state index is 0.271. The number of anilines is 1. The predicted molar refractivity (Wildman–Crippen MR) is 149 cm³/mol. The molecule has 1 aliphatic heterocycles. The molecule has 2 N–H and O–H groups in total. The zero-order chi connectivity index (χ0) is 26.7. The van der Waals surface area contributed by atoms with Crippen LogP contribution in [0.4, 0.5) is 5.69 Å². The number of esters is 1. The third-order valence-electron chi connectivity index (χ3n) is 6.68. The van der Waals surface area contributed by atoms with Crippen molar-refractivity contribution in [3.8, 4) is 22.6 Å². The van der Waals surface area contributed by atoms with E-state index in [1.54, 1.807) is 24.3 Å². The van der Waals surface area contributed by atoms with Crippen LogP contribution in [-0.4, -0.2) is 45.3 Å². The first-order valence-corrected chi connectivity index (χ1v) is 13.3. The quantitative estimate of drug-likeness (QED) is 0.242. The molecule has 0 spiro atoms. The Kier molecular flexibility index (Phi) is 9.76. The molecule has 0 radical (unpaired) electrons. The van der Waals surface area contributed by atoms with Gasteiger partial charge in [-0.3, -0.25) is 4.79 Å². The van der Waals surface area contributed by atoms with Crippen molar-refractivity contribution >= 4 is 17.6 Å². The van der Waals surface area contributed by atoms with Gasteiger partial charge < -0.3 is 24.8 Å². The number of nitrogens with one attached hydrogen (secondary N) is 2. The molecule has 0 unspecified atom stereocenters. The third-order valence-corrected chi connectivity index (χ3v) is 6.68. The zero-order valence-corrected chi connectivity index (χ0v) is 22.1. The molecule has 0 bridgehead atoms. The van der Waals surface area contributed by atoms with Crippen LogP contribution < -0.4 is 20.1 Å². The average Bonchev–Trinajstić information content (AvgIpc) is 2.97. The molecule has 3 aromatic rings. The molecule has 4 rings (SSSR count). The summed E-state index contributed by atoms with van der Waals surface area (Å²) in [6.07, 6.45) is 3.99. The number of methoxy groups -OCH3 is 1. The highest BCUT2D eigenvalue weighted by molar-refractivity contribution is 6.10. The molecule has 7 heteroatoms. The predicted octanol–water partition coefficient (Wildman–Crippen LogP) is 5.95. The molecular formula is C31H36N2O5. The van der Waals surface area contributed by atoms with Crippen molar-refractivity contribution in [2.75, 3.05) is 38.7 Å². The summed E-state index contributed by atoms with van der Waals surface area (Å²) in [4.78, 5) is 26.1. The normalized spacial score (nSPS) is 13.5. The summed E-state index contributed by atoms with van der Waals surface area (Å²) in [7, 11) is 1.32. The van der Waals surface area contributed by atoms with Crippen LogP contribution in [0.25, 0.3) is 11.1 Å². The van der Waals surface area contributed by atoms with E-state index in [-0.39, 0.29) is 11.5 Å². The van der Waals surface area contributed by atoms with Gasteiger partial charge in [-0.2, -0.15) is 0 Å². The number of carbonyl (C=O) groups excluding carboxylic acids is 2. The van der Waals surface area contributed by atoms with Gasteiger partial charge in [0.25, 0.3) is 5.91 Å². The summed E-state index contributed by atoms with van der Waals surface area (Å²) in [6.45, 7) is 5.18. The van der Waals surface area contributed by atoms with E-state index in [0.717, 1.165) is 49.9 Å². The fraction of sp³-hybridized carbons (Fsp3) is 0.355. The Morgan fingerprint density at radius 2 is 1.71 bits per heavy atom. The number of amides is 1. The van der Waals surface area contributed by atoms with Gasteiger partial charge in [0.1, 0.15) is 11.5 Å². The van der Waals surface area contributed by atoms with Gasteiger partial charge in [-0.15, -0.1) is 0 Å². The largest absolute Gasteiger partial charge is 0.493 e. The number of hydrogen-bond donors (Lipinski definition) is 2. The smallest absolute Gasteiger partial charge is 0.339 e. The Bertz CT molecular complexity index is 1220. The van der Waals surface area contributed by atoms with Crippen molar-refractivity contribution in [3.05, 3.63) is 77.9 Å². The van der Waals surface area contributed by atoms with E-state index in [2.05, 4.69) is 17.6 Å². The highest BCUT2D eigenvalue weighted by Gasteiger charge is 2.20. The Morgan fingerprint density at radius 3 is 2.45 bits per heavy atom. The van der Waals surface area contributed by atoms with Gasteiger partial charge in [-0.1, -0.05) is 49.7 Å². The summed E-state index contributed by atoms with van der Waals surface area (Å²) in [6, 6.07) is 20.4. The van der Waals surface area contributed by atoms with Crippen molar-refractivity contribution in [1.82, 2.24) is 5.32 Å². The topological polar surface area (TPSA) is 85.9 Å². The lowest BCUT2D eigenvalue weighted by molar-refractivity contribution is 0.0602. The molecular weight excluding hydrogens is 480 g/mol. The number of benzene rings is 3. The fourth-order valence-corrected chi connectivity index (χ4v) is 4.43. The second-order valence-electron chi connectivity index (χ2n) is 9.44. The SMILES string of the molecule is CCCCOc1ccc(OCC2CCNCC2)cc1C(=O)Nc1cc(-c2ccccc2)ccc1C(=O)OC. The Morgan fingerprint density at radius 1 is 0.921 bits per heavy atom. The molecule has 1 aliphatic rings. The second kappa shape index (κ2) is 13.6. The van der Waals surface area contributed by atoms with Gasteiger partial charge in [0.2, 0.25) is 0 Å². The summed E-state index contributed by atoms with van der Waals surface area (Å²) in [5.74, 6) is 0.654. The molecule has 0 aromatic heterocycles. The fourth-order valence-electron chi connectivity index (χ4n) is 4.43. The molecule has 7 nitrogen and oxygen atoms in total. The summed E-state index contributed by atoms with van der Waals surface area (Å²) in [5.41, 5.74) is 2.82. The van der Waals surface area contributed by atoms with E-state index in [4.69, 9.17) is 14.2 Å². The first-order chi connectivity index (χ1) is 18.6. The Labute approximate surface area is 224 Å². The molecule has 38 heavy (non-hydrogen) atoms. The van der Waals surface area contributed by atoms with E-state index in [9.17, 15) is 9.59 Å². The molecule has 3 aromatic carbocycles. The van der Waals surface area contributed by atoms with E-state index in [0.29, 0.717) is 41.9 Å². The van der Waals surface area contributed by atoms with Crippen LogP contribution in [0.3, 0.4) is 0 Å². The first kappa shape index (κ1) is 27.2. The van der Waals surface area contributed by atoms with Gasteiger partial charge in [0.05, 0.1) is 37.1 Å². The first-order valence-electron chi connectivity index (χ1n) is 13.3. The minimum Gasteiger partial charge on any atom is -0.493 e. The van der Waals surface area contributed by atoms with Crippen molar-refractivity contribution in [3.63, 3.8) is 0 Å². The third kappa shape index (κ3) is 7.13. The van der Waals surface area contributed by atoms with Crippen LogP contribution in [0.2, 0.25) is 0 Å². The van der Waals surface area contributed by atoms with E-state index < -0.39 is 5.97 Å². The van der Waals surface area contributed by atoms with Crippen molar-refractivity contribution in [1.29, 1.82) is 0 Å². The van der Waals surface area contributed by atoms with Crippen molar-refractivity contribution in [2.45, 2.75) is 32.6 Å². The second-order valence-corrected chi connectivity index (χ2v) is 9.44. The molecule has 0 aliphatic carbocycles. The summed E-state index contributed by atoms with van der Waals surface area (Å²) >= 11 is 0. The van der Waals surface area contributed by atoms with Gasteiger partial charge in [0.15, 0.2) is 0 Å². The molecule has 200 valence electrons. The number of unbranched alkanes of at least 4 members (excludes halogenated alkanes) is 1. The number of piperidine rings is 1. The maximum atomic E-state index is 13.6. The summed E-state index contributed by atoms with van der Waals surface area (Å²) < 4.78 is 17.0. The van der Waals surface area contributed by atoms with Crippen LogP contribution in [-0.2, 0) is 4.74 Å². The lowest BCUT2D eigenvalue weighted by Gasteiger charge is -2.23. The van der Waals surface area contributed by atoms with Crippen molar-refractivity contribution < 1.29 is 23.8 Å². The van der Waals surface area contributed by atoms with Crippen LogP contribution in [0.15, 0.2) is 66.7 Å². The van der Waals surface area contributed by atoms with Gasteiger partial charge in [-0.25, -0.2) is 4.79 Å². The maximum absolute atomic E-state index is 13.6. The molecule has 1 saturated heterocycles. The molecule has 1 fully saturated rings. The standard InChI is InChI=1S/C31H36N2O5/c1-3-4-18-37-29-13-11-25(38-21-22-14-16-32-17-15-22)20-27(29)30(34)33-28-19-24(23-8-6-5-7-9-23)10-12-26(28)31(35)36-2/h5-13,19-20,22,32H,3-4,14-18,21H2,1-2H3,(H,33,34). The zero-order valence-electron chi connectivity index (χ0n) is 22.1. The lowest BCUT2D eigenvalue weighted by Crippen LogP contribution is -2.30. The average molecular weight is 517 g/mol. The number of carbonyl (C=O) groups is 2. The number of hydrogen-bond acceptors (Lipinski definition) is 6. The number of ether oxygens (including phenoxy) is 3. The van der Waals surface area contributed by atoms with Crippen LogP contribution in [0, 0.1) is 5.92 Å². The number of rotatable bonds is 11. The van der Waals surface area contributed by atoms with Gasteiger partial charge >= 0.3 is 5.97 Å². The van der Waals surface area contributed by atoms with E-state index in [1.165, 1.54) is 7.11 Å². The molecule has 1 amide bonds. The van der Waals surface area contributed by atoms with E-state index >= 15 is 0 Å². The lowest BCUT2D eigenvalue weighted by atomic mass is 9.99. The molecule has 0 atom stereocenters. The minimum atomic E-state index is -0.529. The van der Waals surface area contributed by atoms with E-state index in [1.807, 2.05) is 42.5 Å². The molecule has 1 heterocycles. The van der Waals surface area contributed by atoms with Crippen LogP contribution in [0.5, 0.6) is 11.5 Å². The van der Waals surface area contributed by atoms with Crippen LogP contribution >= 0.6 is 0 Å². The van der Waals surface area contributed by atoms with Crippen molar-refractivity contribution in [2.24, 2.45) is 5.92 Å². The highest BCUT2D eigenvalue weighted by atomic mass is 16.5. The maximum Gasteiger partial charge on any atom is 0.339 e. The van der Waals surface area contributed by atoms with Gasteiger partial charge in [0, 0.05) is 0 Å². The summed E-state index contributed by atoms with van der Waals surface area (Å²) in [5, 5.41) is 6.30. The Hall–Kier alpha value is -3.84. The van der Waals surface area contributed by atoms with Gasteiger partial charge in [-0.05, 0) is 79.7 Å². The monoisotopic (exact) mass is 516 g/mol. The van der Waals surface area contributed by atoms with Crippen LogP contribution in [0.1, 0.15) is 53.3 Å². The highest BCUT2D eigenvalue weighted by Crippen LogP contribution is 2.30. The molecule has 0 saturated carbocycles. The Balaban J connectivity index is 1.61.